The average molecular weight is 568 g/mol. The van der Waals surface area contributed by atoms with Crippen LogP contribution in [0.1, 0.15) is 10.5 Å². The normalized spacial score (nSPS) is 15.1. The topological polar surface area (TPSA) is 114 Å². The van der Waals surface area contributed by atoms with Gasteiger partial charge in [-0.2, -0.15) is 18.3 Å². The number of alkyl halides is 6. The average Bonchev–Trinajstić information content (AvgIpc) is 3.22. The zero-order valence-electron chi connectivity index (χ0n) is 20.8. The number of primary amides is 1. The molecule has 0 radical (unpaired) electrons. The number of piperazine rings is 1. The molecule has 2 aromatic heterocycles. The van der Waals surface area contributed by atoms with Crippen LogP contribution in [-0.2, 0) is 6.54 Å². The predicted molar refractivity (Wildman–Crippen MR) is 134 cm³/mol. The number of amides is 1. The summed E-state index contributed by atoms with van der Waals surface area (Å²) < 4.78 is 84.1. The van der Waals surface area contributed by atoms with Crippen molar-refractivity contribution in [3.63, 3.8) is 0 Å². The first-order valence-corrected chi connectivity index (χ1v) is 11.9. The highest BCUT2D eigenvalue weighted by Gasteiger charge is 2.33. The molecule has 1 aliphatic heterocycles. The molecule has 16 heteroatoms. The number of rotatable bonds is 6. The van der Waals surface area contributed by atoms with E-state index >= 15 is 0 Å². The van der Waals surface area contributed by atoms with Crippen molar-refractivity contribution in [3.05, 3.63) is 42.2 Å². The number of anilines is 3. The highest BCUT2D eigenvalue weighted by molar-refractivity contribution is 6.11. The fourth-order valence-electron chi connectivity index (χ4n) is 4.50. The lowest BCUT2D eigenvalue weighted by Crippen LogP contribution is -2.44. The lowest BCUT2D eigenvalue weighted by molar-refractivity contribution is -0.274. The quantitative estimate of drug-likeness (QED) is 0.335. The lowest BCUT2D eigenvalue weighted by atomic mass is 10.1. The Hall–Kier alpha value is -4.34. The van der Waals surface area contributed by atoms with Crippen LogP contribution in [0.2, 0.25) is 0 Å². The maximum Gasteiger partial charge on any atom is 0.573 e. The van der Waals surface area contributed by atoms with Gasteiger partial charge in [-0.1, -0.05) is 6.07 Å². The molecule has 1 aliphatic rings. The molecule has 1 saturated heterocycles. The fraction of sp³-hybridized carbons (Fsp3) is 0.333. The number of carbonyl (C=O) groups excluding carboxylic acids is 1. The van der Waals surface area contributed by atoms with Crippen LogP contribution in [0.4, 0.5) is 43.7 Å². The van der Waals surface area contributed by atoms with E-state index in [9.17, 15) is 31.1 Å². The third-order valence-electron chi connectivity index (χ3n) is 6.33. The second-order valence-electron chi connectivity index (χ2n) is 9.22. The molecule has 0 unspecified atom stereocenters. The first-order valence-electron chi connectivity index (χ1n) is 11.9. The summed E-state index contributed by atoms with van der Waals surface area (Å²) in [7, 11) is 1.96. The van der Waals surface area contributed by atoms with Crippen molar-refractivity contribution in [2.45, 2.75) is 19.1 Å². The molecule has 0 aliphatic carbocycles. The van der Waals surface area contributed by atoms with E-state index in [-0.39, 0.29) is 33.7 Å². The highest BCUT2D eigenvalue weighted by Crippen LogP contribution is 2.36. The number of hydrogen-bond donors (Lipinski definition) is 2. The second-order valence-corrected chi connectivity index (χ2v) is 9.22. The number of nitrogens with one attached hydrogen (secondary N) is 1. The minimum atomic E-state index is -4.99. The standard InChI is InChI=1S/C24H22F6N8O2/c1-36-6-8-37(9-7-36)14-3-5-17(40-24(28,29)30)16(10-14)33-22-32-11-13-2-4-15-19(21(31)39)35-38(12-23(25,26)27)20(15)18(13)34-22/h2-5,10-11H,6-9,12H2,1H3,(H2,31,39)(H,32,33,34). The van der Waals surface area contributed by atoms with Crippen molar-refractivity contribution in [1.82, 2.24) is 24.6 Å². The van der Waals surface area contributed by atoms with Crippen molar-refractivity contribution >= 4 is 45.0 Å². The number of hydrogen-bond acceptors (Lipinski definition) is 8. The molecule has 10 nitrogen and oxygen atoms in total. The van der Waals surface area contributed by atoms with Crippen LogP contribution in [0.5, 0.6) is 5.75 Å². The summed E-state index contributed by atoms with van der Waals surface area (Å²) in [6.45, 7) is 1.27. The number of fused-ring (bicyclic) bond motifs is 3. The minimum absolute atomic E-state index is 0.0206. The number of likely N-dealkylation sites (N-methyl/N-ethyl adjacent to an activating group) is 1. The van der Waals surface area contributed by atoms with Crippen LogP contribution in [0.25, 0.3) is 21.8 Å². The van der Waals surface area contributed by atoms with E-state index in [0.29, 0.717) is 28.8 Å². The molecule has 2 aromatic carbocycles. The van der Waals surface area contributed by atoms with Crippen molar-refractivity contribution in [3.8, 4) is 5.75 Å². The first kappa shape index (κ1) is 27.2. The lowest BCUT2D eigenvalue weighted by Gasteiger charge is -2.34. The summed E-state index contributed by atoms with van der Waals surface area (Å²) in [6.07, 6.45) is -8.39. The molecule has 0 spiro atoms. The number of nitrogens with two attached hydrogens (primary N) is 1. The van der Waals surface area contributed by atoms with Crippen molar-refractivity contribution in [2.75, 3.05) is 43.4 Å². The van der Waals surface area contributed by atoms with Gasteiger partial charge in [-0.25, -0.2) is 9.97 Å². The van der Waals surface area contributed by atoms with E-state index in [1.165, 1.54) is 36.5 Å². The van der Waals surface area contributed by atoms with Crippen molar-refractivity contribution < 1.29 is 35.9 Å². The molecular weight excluding hydrogens is 546 g/mol. The van der Waals surface area contributed by atoms with E-state index in [1.54, 1.807) is 0 Å². The Morgan fingerprint density at radius 1 is 1.07 bits per heavy atom. The molecule has 3 heterocycles. The van der Waals surface area contributed by atoms with E-state index < -0.39 is 30.7 Å². The van der Waals surface area contributed by atoms with Gasteiger partial charge in [-0.3, -0.25) is 9.48 Å². The summed E-state index contributed by atoms with van der Waals surface area (Å²) >= 11 is 0. The van der Waals surface area contributed by atoms with E-state index in [0.717, 1.165) is 13.1 Å². The zero-order chi connectivity index (χ0) is 28.8. The number of carbonyl (C=O) groups is 1. The summed E-state index contributed by atoms with van der Waals surface area (Å²) in [5, 5.41) is 6.79. The maximum absolute atomic E-state index is 13.3. The third kappa shape index (κ3) is 5.80. The third-order valence-corrected chi connectivity index (χ3v) is 6.33. The fourth-order valence-corrected chi connectivity index (χ4v) is 4.50. The van der Waals surface area contributed by atoms with Crippen LogP contribution < -0.4 is 20.7 Å². The van der Waals surface area contributed by atoms with E-state index in [4.69, 9.17) is 5.73 Å². The number of aromatic nitrogens is 4. The Bertz CT molecular complexity index is 1580. The number of ether oxygens (including phenoxy) is 1. The van der Waals surface area contributed by atoms with Gasteiger partial charge in [0.1, 0.15) is 12.1 Å². The van der Waals surface area contributed by atoms with Crippen molar-refractivity contribution in [1.29, 1.82) is 0 Å². The van der Waals surface area contributed by atoms with Gasteiger partial charge in [0, 0.05) is 48.8 Å². The van der Waals surface area contributed by atoms with Crippen LogP contribution in [0.3, 0.4) is 0 Å². The molecule has 0 bridgehead atoms. The van der Waals surface area contributed by atoms with Gasteiger partial charge in [0.15, 0.2) is 11.4 Å². The largest absolute Gasteiger partial charge is 0.573 e. The number of nitrogens with zero attached hydrogens (tertiary/aromatic N) is 6. The first-order chi connectivity index (χ1) is 18.8. The second kappa shape index (κ2) is 10.0. The summed E-state index contributed by atoms with van der Waals surface area (Å²) in [4.78, 5) is 24.4. The van der Waals surface area contributed by atoms with Crippen LogP contribution >= 0.6 is 0 Å². The molecule has 3 N–H and O–H groups in total. The van der Waals surface area contributed by atoms with E-state index in [2.05, 4.69) is 30.0 Å². The summed E-state index contributed by atoms with van der Waals surface area (Å²) in [5.74, 6) is -1.80. The van der Waals surface area contributed by atoms with Crippen LogP contribution in [-0.4, -0.2) is 76.3 Å². The Labute approximate surface area is 222 Å². The Kier molecular flexibility index (Phi) is 6.81. The monoisotopic (exact) mass is 568 g/mol. The van der Waals surface area contributed by atoms with Crippen molar-refractivity contribution in [2.24, 2.45) is 5.73 Å². The van der Waals surface area contributed by atoms with Gasteiger partial charge in [0.2, 0.25) is 5.95 Å². The van der Waals surface area contributed by atoms with Gasteiger partial charge in [0.25, 0.3) is 5.91 Å². The Balaban J connectivity index is 1.60. The Morgan fingerprint density at radius 3 is 2.45 bits per heavy atom. The molecular formula is C24H22F6N8O2. The smallest absolute Gasteiger partial charge is 0.404 e. The summed E-state index contributed by atoms with van der Waals surface area (Å²) in [6, 6.07) is 6.98. The van der Waals surface area contributed by atoms with Gasteiger partial charge in [-0.15, -0.1) is 13.2 Å². The highest BCUT2D eigenvalue weighted by atomic mass is 19.4. The molecule has 1 fully saturated rings. The molecule has 4 aromatic rings. The SMILES string of the molecule is CN1CCN(c2ccc(OC(F)(F)F)c(Nc3ncc4ccc5c(C(N)=O)nn(CC(F)(F)F)c5c4n3)c2)CC1. The van der Waals surface area contributed by atoms with E-state index in [1.807, 2.05) is 11.9 Å². The summed E-state index contributed by atoms with van der Waals surface area (Å²) in [5.41, 5.74) is 5.32. The van der Waals surface area contributed by atoms with Crippen LogP contribution in [0, 0.1) is 0 Å². The molecule has 1 amide bonds. The molecule has 0 saturated carbocycles. The molecule has 212 valence electrons. The minimum Gasteiger partial charge on any atom is -0.404 e. The van der Waals surface area contributed by atoms with Gasteiger partial charge < -0.3 is 25.6 Å². The van der Waals surface area contributed by atoms with Gasteiger partial charge >= 0.3 is 12.5 Å². The van der Waals surface area contributed by atoms with Gasteiger partial charge in [-0.05, 0) is 31.3 Å². The zero-order valence-corrected chi connectivity index (χ0v) is 20.8. The molecule has 40 heavy (non-hydrogen) atoms. The molecule has 5 rings (SSSR count). The molecule has 0 atom stereocenters. The van der Waals surface area contributed by atoms with Gasteiger partial charge in [0.05, 0.1) is 11.2 Å². The predicted octanol–water partition coefficient (Wildman–Crippen LogP) is 4.03. The Morgan fingerprint density at radius 2 is 1.80 bits per heavy atom. The maximum atomic E-state index is 13.3. The number of halogens is 6. The van der Waals surface area contributed by atoms with Crippen LogP contribution in [0.15, 0.2) is 36.5 Å². The number of benzene rings is 2.